The quantitative estimate of drug-likeness (QED) is 0.640. The molecule has 0 rings (SSSR count). The van der Waals surface area contributed by atoms with E-state index in [-0.39, 0.29) is 5.54 Å². The Bertz CT molecular complexity index is 77.2. The third-order valence-electron chi connectivity index (χ3n) is 1.62. The van der Waals surface area contributed by atoms with Gasteiger partial charge in [0.25, 0.3) is 0 Å². The van der Waals surface area contributed by atoms with E-state index < -0.39 is 0 Å². The summed E-state index contributed by atoms with van der Waals surface area (Å²) >= 11 is 0. The monoisotopic (exact) mass is 143 g/mol. The summed E-state index contributed by atoms with van der Waals surface area (Å²) in [6.07, 6.45) is 2.46. The smallest absolute Gasteiger partial charge is 0.00990 e. The van der Waals surface area contributed by atoms with Gasteiger partial charge in [-0.05, 0) is 33.6 Å². The molecule has 0 aliphatic heterocycles. The van der Waals surface area contributed by atoms with Crippen LogP contribution in [0.25, 0.3) is 0 Å². The molecule has 0 aromatic rings. The van der Waals surface area contributed by atoms with Crippen LogP contribution >= 0.6 is 0 Å². The molecular formula is C9H21N. The highest BCUT2D eigenvalue weighted by atomic mass is 15.0. The molecule has 0 heterocycles. The molecule has 0 aromatic heterocycles. The maximum atomic E-state index is 3.56. The molecule has 0 radical (unpaired) electrons. The van der Waals surface area contributed by atoms with Crippen molar-refractivity contribution < 1.29 is 0 Å². The summed E-state index contributed by atoms with van der Waals surface area (Å²) < 4.78 is 0. The molecule has 1 N–H and O–H groups in total. The highest BCUT2D eigenvalue weighted by Gasteiger charge is 2.13. The molecule has 0 spiro atoms. The predicted molar refractivity (Wildman–Crippen MR) is 47.3 cm³/mol. The van der Waals surface area contributed by atoms with Crippen LogP contribution in [-0.2, 0) is 0 Å². The largest absolute Gasteiger partial charge is 0.309 e. The van der Waals surface area contributed by atoms with E-state index in [1.165, 1.54) is 12.8 Å². The van der Waals surface area contributed by atoms with Gasteiger partial charge in [-0.3, -0.25) is 0 Å². The van der Waals surface area contributed by atoms with Crippen LogP contribution in [0.4, 0.5) is 0 Å². The molecule has 0 aromatic carbocycles. The van der Waals surface area contributed by atoms with Gasteiger partial charge in [0.1, 0.15) is 0 Å². The van der Waals surface area contributed by atoms with Crippen LogP contribution in [0.1, 0.15) is 47.5 Å². The lowest BCUT2D eigenvalue weighted by Gasteiger charge is -2.26. The number of nitrogens with one attached hydrogen (secondary N) is 1. The number of hydrogen-bond donors (Lipinski definition) is 1. The van der Waals surface area contributed by atoms with E-state index in [1.807, 2.05) is 0 Å². The Labute approximate surface area is 65.2 Å². The van der Waals surface area contributed by atoms with Crippen LogP contribution in [0, 0.1) is 0 Å². The summed E-state index contributed by atoms with van der Waals surface area (Å²) in [5.41, 5.74) is 0.274. The van der Waals surface area contributed by atoms with Gasteiger partial charge in [-0.25, -0.2) is 0 Å². The zero-order valence-electron chi connectivity index (χ0n) is 7.99. The van der Waals surface area contributed by atoms with Crippen LogP contribution in [-0.4, -0.2) is 11.6 Å². The summed E-state index contributed by atoms with van der Waals surface area (Å²) in [7, 11) is 0. The fourth-order valence-electron chi connectivity index (χ4n) is 1.11. The van der Waals surface area contributed by atoms with E-state index in [9.17, 15) is 0 Å². The van der Waals surface area contributed by atoms with Gasteiger partial charge in [-0.2, -0.15) is 0 Å². The second kappa shape index (κ2) is 3.97. The topological polar surface area (TPSA) is 12.0 Å². The highest BCUT2D eigenvalue weighted by molar-refractivity contribution is 4.75. The van der Waals surface area contributed by atoms with Gasteiger partial charge in [-0.15, -0.1) is 0 Å². The van der Waals surface area contributed by atoms with Crippen molar-refractivity contribution in [3.05, 3.63) is 0 Å². The van der Waals surface area contributed by atoms with Crippen molar-refractivity contribution >= 4 is 0 Å². The summed E-state index contributed by atoms with van der Waals surface area (Å²) in [6, 6.07) is 0.694. The molecule has 1 heteroatoms. The van der Waals surface area contributed by atoms with Gasteiger partial charge in [0.2, 0.25) is 0 Å². The van der Waals surface area contributed by atoms with E-state index >= 15 is 0 Å². The molecule has 1 nitrogen and oxygen atoms in total. The van der Waals surface area contributed by atoms with E-state index in [4.69, 9.17) is 0 Å². The molecule has 0 saturated heterocycles. The predicted octanol–water partition coefficient (Wildman–Crippen LogP) is 2.56. The summed E-state index contributed by atoms with van der Waals surface area (Å²) in [6.45, 7) is 11.1. The Morgan fingerprint density at radius 1 is 1.10 bits per heavy atom. The molecule has 0 bridgehead atoms. The maximum absolute atomic E-state index is 3.56. The van der Waals surface area contributed by atoms with Gasteiger partial charge in [-0.1, -0.05) is 13.8 Å². The summed E-state index contributed by atoms with van der Waals surface area (Å²) in [4.78, 5) is 0. The van der Waals surface area contributed by atoms with Gasteiger partial charge < -0.3 is 5.32 Å². The van der Waals surface area contributed by atoms with Crippen molar-refractivity contribution in [2.45, 2.75) is 59.0 Å². The third-order valence-corrected chi connectivity index (χ3v) is 1.62. The van der Waals surface area contributed by atoms with Gasteiger partial charge in [0, 0.05) is 11.6 Å². The van der Waals surface area contributed by atoms with Crippen molar-refractivity contribution in [1.82, 2.24) is 5.32 Å². The Hall–Kier alpha value is -0.0400. The maximum Gasteiger partial charge on any atom is 0.00990 e. The summed E-state index contributed by atoms with van der Waals surface area (Å²) in [5.74, 6) is 0. The van der Waals surface area contributed by atoms with Gasteiger partial charge in [0.15, 0.2) is 0 Å². The SMILES string of the molecule is CCC(CC)NC(C)(C)C. The normalized spacial score (nSPS) is 12.6. The lowest BCUT2D eigenvalue weighted by Crippen LogP contribution is -2.42. The van der Waals surface area contributed by atoms with Crippen molar-refractivity contribution in [2.75, 3.05) is 0 Å². The first kappa shape index (κ1) is 9.96. The first-order valence-corrected chi connectivity index (χ1v) is 4.27. The molecular weight excluding hydrogens is 122 g/mol. The minimum absolute atomic E-state index is 0.274. The van der Waals surface area contributed by atoms with E-state index in [0.717, 1.165) is 0 Å². The second-order valence-corrected chi connectivity index (χ2v) is 3.91. The van der Waals surface area contributed by atoms with Crippen LogP contribution in [0.3, 0.4) is 0 Å². The Morgan fingerprint density at radius 2 is 1.50 bits per heavy atom. The average Bonchev–Trinajstić information content (AvgIpc) is 1.81. The van der Waals surface area contributed by atoms with E-state index in [1.54, 1.807) is 0 Å². The molecule has 0 aliphatic rings. The Kier molecular flexibility index (Phi) is 3.95. The molecule has 0 aliphatic carbocycles. The Morgan fingerprint density at radius 3 is 1.60 bits per heavy atom. The fraction of sp³-hybridized carbons (Fsp3) is 1.00. The molecule has 0 saturated carbocycles. The molecule has 0 unspecified atom stereocenters. The number of hydrogen-bond acceptors (Lipinski definition) is 1. The van der Waals surface area contributed by atoms with Crippen LogP contribution in [0.15, 0.2) is 0 Å². The lowest BCUT2D eigenvalue weighted by molar-refractivity contribution is 0.345. The third kappa shape index (κ3) is 4.80. The number of rotatable bonds is 3. The second-order valence-electron chi connectivity index (χ2n) is 3.91. The first-order chi connectivity index (χ1) is 4.49. The average molecular weight is 143 g/mol. The van der Waals surface area contributed by atoms with Crippen LogP contribution < -0.4 is 5.32 Å². The fourth-order valence-corrected chi connectivity index (χ4v) is 1.11. The Balaban J connectivity index is 3.63. The highest BCUT2D eigenvalue weighted by Crippen LogP contribution is 2.05. The molecule has 0 fully saturated rings. The van der Waals surface area contributed by atoms with Gasteiger partial charge in [0.05, 0.1) is 0 Å². The molecule has 62 valence electrons. The standard InChI is InChI=1S/C9H21N/c1-6-8(7-2)10-9(3,4)5/h8,10H,6-7H2,1-5H3. The molecule has 0 atom stereocenters. The van der Waals surface area contributed by atoms with Crippen molar-refractivity contribution in [1.29, 1.82) is 0 Å². The zero-order valence-corrected chi connectivity index (χ0v) is 7.99. The van der Waals surface area contributed by atoms with Crippen LogP contribution in [0.2, 0.25) is 0 Å². The molecule has 10 heavy (non-hydrogen) atoms. The lowest BCUT2D eigenvalue weighted by atomic mass is 10.0. The molecule has 0 amide bonds. The first-order valence-electron chi connectivity index (χ1n) is 4.27. The van der Waals surface area contributed by atoms with Crippen molar-refractivity contribution in [3.8, 4) is 0 Å². The minimum atomic E-state index is 0.274. The zero-order chi connectivity index (χ0) is 8.20. The van der Waals surface area contributed by atoms with Gasteiger partial charge >= 0.3 is 0 Å². The van der Waals surface area contributed by atoms with Crippen LogP contribution in [0.5, 0.6) is 0 Å². The van der Waals surface area contributed by atoms with E-state index in [0.29, 0.717) is 6.04 Å². The van der Waals surface area contributed by atoms with E-state index in [2.05, 4.69) is 39.9 Å². The minimum Gasteiger partial charge on any atom is -0.309 e. The summed E-state index contributed by atoms with van der Waals surface area (Å²) in [5, 5.41) is 3.56. The van der Waals surface area contributed by atoms with Crippen molar-refractivity contribution in [3.63, 3.8) is 0 Å². The van der Waals surface area contributed by atoms with Crippen molar-refractivity contribution in [2.24, 2.45) is 0 Å².